The molecule has 50 heavy (non-hydrogen) atoms. The van der Waals surface area contributed by atoms with E-state index in [-0.39, 0.29) is 19.0 Å². The van der Waals surface area contributed by atoms with E-state index in [9.17, 15) is 19.0 Å². The Morgan fingerprint density at radius 3 is 1.10 bits per heavy atom. The second kappa shape index (κ2) is 37.8. The monoisotopic (exact) mass is 733 g/mol. The van der Waals surface area contributed by atoms with Gasteiger partial charge in [0.1, 0.15) is 6.61 Å². The van der Waals surface area contributed by atoms with Crippen molar-refractivity contribution < 1.29 is 37.6 Å². The third-order valence-corrected chi connectivity index (χ3v) is 10.5. The smallest absolute Gasteiger partial charge is 0.462 e. The topological polar surface area (TPSA) is 108 Å². The standard InChI is InChI=1S/C41H81O8P/c1-4-6-8-10-12-14-16-17-18-19-20-21-22-23-24-25-26-28-30-32-34-36-41(43)49-39(38-48-50(44,45)46-3)37-47-40(42)35-33-31-29-27-15-13-11-9-7-5-2/h39H,4-38H2,1-3H3,(H,44,45). The van der Waals surface area contributed by atoms with Crippen LogP contribution in [0.5, 0.6) is 0 Å². The maximum atomic E-state index is 12.5. The van der Waals surface area contributed by atoms with Gasteiger partial charge in [-0.2, -0.15) is 0 Å². The summed E-state index contributed by atoms with van der Waals surface area (Å²) in [5.41, 5.74) is 0. The maximum Gasteiger partial charge on any atom is 0.472 e. The minimum Gasteiger partial charge on any atom is -0.462 e. The van der Waals surface area contributed by atoms with Crippen LogP contribution >= 0.6 is 7.82 Å². The molecule has 2 atom stereocenters. The van der Waals surface area contributed by atoms with Gasteiger partial charge >= 0.3 is 19.8 Å². The summed E-state index contributed by atoms with van der Waals surface area (Å²) in [6.45, 7) is 3.90. The molecular formula is C41H81O8P. The summed E-state index contributed by atoms with van der Waals surface area (Å²) in [4.78, 5) is 34.3. The molecule has 0 bridgehead atoms. The van der Waals surface area contributed by atoms with Crippen LogP contribution in [0.25, 0.3) is 0 Å². The van der Waals surface area contributed by atoms with Crippen molar-refractivity contribution in [2.24, 2.45) is 0 Å². The Morgan fingerprint density at radius 1 is 0.480 bits per heavy atom. The fourth-order valence-electron chi connectivity index (χ4n) is 6.31. The molecule has 0 heterocycles. The van der Waals surface area contributed by atoms with E-state index >= 15 is 0 Å². The van der Waals surface area contributed by atoms with E-state index in [1.54, 1.807) is 0 Å². The highest BCUT2D eigenvalue weighted by atomic mass is 31.2. The summed E-state index contributed by atoms with van der Waals surface area (Å²) in [5, 5.41) is 0. The van der Waals surface area contributed by atoms with Crippen LogP contribution in [0.15, 0.2) is 0 Å². The van der Waals surface area contributed by atoms with Crippen LogP contribution in [0.3, 0.4) is 0 Å². The molecule has 0 aromatic carbocycles. The molecule has 298 valence electrons. The first-order chi connectivity index (χ1) is 24.3. The first kappa shape index (κ1) is 49.0. The van der Waals surface area contributed by atoms with Gasteiger partial charge in [-0.3, -0.25) is 18.6 Å². The number of phosphoric ester groups is 1. The Labute approximate surface area is 308 Å². The highest BCUT2D eigenvalue weighted by molar-refractivity contribution is 7.47. The predicted molar refractivity (Wildman–Crippen MR) is 207 cm³/mol. The van der Waals surface area contributed by atoms with Crippen LogP contribution in [0, 0.1) is 0 Å². The van der Waals surface area contributed by atoms with Crippen LogP contribution < -0.4 is 0 Å². The van der Waals surface area contributed by atoms with E-state index in [0.717, 1.165) is 45.6 Å². The molecule has 2 unspecified atom stereocenters. The average Bonchev–Trinajstić information content (AvgIpc) is 3.10. The molecule has 8 nitrogen and oxygen atoms in total. The number of hydrogen-bond donors (Lipinski definition) is 1. The second-order valence-corrected chi connectivity index (χ2v) is 16.1. The van der Waals surface area contributed by atoms with E-state index in [1.165, 1.54) is 161 Å². The van der Waals surface area contributed by atoms with Crippen molar-refractivity contribution in [2.75, 3.05) is 20.3 Å². The van der Waals surface area contributed by atoms with Crippen molar-refractivity contribution in [3.8, 4) is 0 Å². The van der Waals surface area contributed by atoms with Gasteiger partial charge in [0.15, 0.2) is 6.10 Å². The lowest BCUT2D eigenvalue weighted by Crippen LogP contribution is -2.29. The molecule has 0 fully saturated rings. The molecule has 1 N–H and O–H groups in total. The summed E-state index contributed by atoms with van der Waals surface area (Å²) in [5.74, 6) is -0.791. The molecule has 0 saturated heterocycles. The highest BCUT2D eigenvalue weighted by Gasteiger charge is 2.24. The van der Waals surface area contributed by atoms with Gasteiger partial charge in [0, 0.05) is 20.0 Å². The molecule has 0 aromatic rings. The molecule has 0 rings (SSSR count). The fraction of sp³-hybridized carbons (Fsp3) is 0.951. The number of ether oxygens (including phenoxy) is 2. The Kier molecular flexibility index (Phi) is 37.1. The van der Waals surface area contributed by atoms with Crippen molar-refractivity contribution in [3.05, 3.63) is 0 Å². The molecular weight excluding hydrogens is 651 g/mol. The molecule has 0 aliphatic heterocycles. The number of rotatable bonds is 40. The average molecular weight is 733 g/mol. The van der Waals surface area contributed by atoms with Crippen molar-refractivity contribution in [1.82, 2.24) is 0 Å². The van der Waals surface area contributed by atoms with Crippen molar-refractivity contribution in [2.45, 2.75) is 232 Å². The van der Waals surface area contributed by atoms with Crippen LogP contribution in [-0.2, 0) is 32.7 Å². The molecule has 0 saturated carbocycles. The SMILES string of the molecule is CCCCCCCCCCCCCCCCCCCCCCCC(=O)OC(COC(=O)CCCCCCCCCCCC)COP(=O)(O)OC. The van der Waals surface area contributed by atoms with Gasteiger partial charge in [0.25, 0.3) is 0 Å². The minimum absolute atomic E-state index is 0.217. The van der Waals surface area contributed by atoms with E-state index in [0.29, 0.717) is 6.42 Å². The second-order valence-electron chi connectivity index (χ2n) is 14.5. The number of hydrogen-bond acceptors (Lipinski definition) is 7. The first-order valence-corrected chi connectivity index (χ1v) is 22.7. The molecule has 9 heteroatoms. The molecule has 0 radical (unpaired) electrons. The first-order valence-electron chi connectivity index (χ1n) is 21.2. The summed E-state index contributed by atoms with van der Waals surface area (Å²) < 4.78 is 31.9. The third kappa shape index (κ3) is 36.8. The summed E-state index contributed by atoms with van der Waals surface area (Å²) in [7, 11) is -3.18. The van der Waals surface area contributed by atoms with Gasteiger partial charge in [-0.25, -0.2) is 4.57 Å². The third-order valence-electron chi connectivity index (χ3n) is 9.60. The Balaban J connectivity index is 3.88. The minimum atomic E-state index is -4.25. The Bertz CT molecular complexity index is 793. The van der Waals surface area contributed by atoms with Crippen LogP contribution in [-0.4, -0.2) is 43.3 Å². The molecule has 0 aromatic heterocycles. The Hall–Kier alpha value is -0.950. The normalized spacial score (nSPS) is 13.3. The number of phosphoric acid groups is 1. The zero-order chi connectivity index (χ0) is 36.8. The molecule has 0 aliphatic rings. The van der Waals surface area contributed by atoms with Gasteiger partial charge in [-0.1, -0.05) is 200 Å². The van der Waals surface area contributed by atoms with Crippen molar-refractivity contribution >= 4 is 19.8 Å². The van der Waals surface area contributed by atoms with Crippen LogP contribution in [0.2, 0.25) is 0 Å². The lowest BCUT2D eigenvalue weighted by atomic mass is 10.0. The van der Waals surface area contributed by atoms with Gasteiger partial charge in [-0.05, 0) is 12.8 Å². The van der Waals surface area contributed by atoms with E-state index < -0.39 is 26.5 Å². The van der Waals surface area contributed by atoms with Gasteiger partial charge in [0.05, 0.1) is 6.61 Å². The largest absolute Gasteiger partial charge is 0.472 e. The Morgan fingerprint density at radius 2 is 0.780 bits per heavy atom. The number of unbranched alkanes of at least 4 members (excludes halogenated alkanes) is 29. The number of carbonyl (C=O) groups excluding carboxylic acids is 2. The highest BCUT2D eigenvalue weighted by Crippen LogP contribution is 2.42. The van der Waals surface area contributed by atoms with Crippen LogP contribution in [0.4, 0.5) is 0 Å². The van der Waals surface area contributed by atoms with Crippen molar-refractivity contribution in [1.29, 1.82) is 0 Å². The molecule has 0 spiro atoms. The molecule has 0 aliphatic carbocycles. The van der Waals surface area contributed by atoms with E-state index in [2.05, 4.69) is 18.4 Å². The number of esters is 2. The predicted octanol–water partition coefficient (Wildman–Crippen LogP) is 13.1. The lowest BCUT2D eigenvalue weighted by Gasteiger charge is -2.19. The summed E-state index contributed by atoms with van der Waals surface area (Å²) >= 11 is 0. The quantitative estimate of drug-likeness (QED) is 0.0377. The van der Waals surface area contributed by atoms with E-state index in [4.69, 9.17) is 14.0 Å². The van der Waals surface area contributed by atoms with E-state index in [1.807, 2.05) is 0 Å². The summed E-state index contributed by atoms with van der Waals surface area (Å²) in [6, 6.07) is 0. The maximum absolute atomic E-state index is 12.5. The zero-order valence-corrected chi connectivity index (χ0v) is 34.0. The fourth-order valence-corrected chi connectivity index (χ4v) is 6.77. The van der Waals surface area contributed by atoms with Crippen molar-refractivity contribution in [3.63, 3.8) is 0 Å². The zero-order valence-electron chi connectivity index (χ0n) is 33.1. The van der Waals surface area contributed by atoms with Gasteiger partial charge in [-0.15, -0.1) is 0 Å². The molecule has 0 amide bonds. The van der Waals surface area contributed by atoms with Gasteiger partial charge in [0.2, 0.25) is 0 Å². The summed E-state index contributed by atoms with van der Waals surface area (Å²) in [6.07, 6.45) is 38.8. The van der Waals surface area contributed by atoms with Gasteiger partial charge < -0.3 is 14.4 Å². The van der Waals surface area contributed by atoms with Crippen LogP contribution in [0.1, 0.15) is 226 Å². The number of carbonyl (C=O) groups is 2. The lowest BCUT2D eigenvalue weighted by molar-refractivity contribution is -0.161.